The molecule has 0 atom stereocenters. The summed E-state index contributed by atoms with van der Waals surface area (Å²) in [6.07, 6.45) is 5.90. The van der Waals surface area contributed by atoms with E-state index in [1.807, 2.05) is 55.0 Å². The lowest BCUT2D eigenvalue weighted by Crippen LogP contribution is -2.27. The zero-order valence-electron chi connectivity index (χ0n) is 17.7. The SMILES string of the molecule is Cc1ccc(-n2nc(C)c(CC(=O)NCCc3nc4c(s3)CCCC4)c2C)cc1Cl. The van der Waals surface area contributed by atoms with Gasteiger partial charge < -0.3 is 5.32 Å². The van der Waals surface area contributed by atoms with Gasteiger partial charge in [0.25, 0.3) is 0 Å². The van der Waals surface area contributed by atoms with Crippen LogP contribution in [0.1, 0.15) is 50.9 Å². The van der Waals surface area contributed by atoms with Crippen molar-refractivity contribution >= 4 is 28.8 Å². The highest BCUT2D eigenvalue weighted by Crippen LogP contribution is 2.27. The van der Waals surface area contributed by atoms with Crippen LogP contribution in [0, 0.1) is 20.8 Å². The number of carbonyl (C=O) groups excluding carboxylic acids is 1. The Morgan fingerprint density at radius 2 is 2.03 bits per heavy atom. The van der Waals surface area contributed by atoms with Gasteiger partial charge >= 0.3 is 0 Å². The summed E-state index contributed by atoms with van der Waals surface area (Å²) in [6.45, 7) is 6.54. The van der Waals surface area contributed by atoms with Gasteiger partial charge in [0.2, 0.25) is 5.91 Å². The molecule has 0 fully saturated rings. The molecule has 2 aromatic heterocycles. The Morgan fingerprint density at radius 1 is 1.23 bits per heavy atom. The van der Waals surface area contributed by atoms with E-state index in [9.17, 15) is 4.79 Å². The molecule has 0 unspecified atom stereocenters. The second kappa shape index (κ2) is 8.90. The average Bonchev–Trinajstić information content (AvgIpc) is 3.25. The van der Waals surface area contributed by atoms with Crippen LogP contribution >= 0.6 is 22.9 Å². The fourth-order valence-electron chi connectivity index (χ4n) is 3.94. The van der Waals surface area contributed by atoms with Gasteiger partial charge in [-0.1, -0.05) is 17.7 Å². The molecule has 0 spiro atoms. The summed E-state index contributed by atoms with van der Waals surface area (Å²) in [7, 11) is 0. The first-order valence-electron chi connectivity index (χ1n) is 10.5. The number of carbonyl (C=O) groups is 1. The van der Waals surface area contributed by atoms with Crippen molar-refractivity contribution in [3.05, 3.63) is 61.3 Å². The van der Waals surface area contributed by atoms with Gasteiger partial charge in [-0.2, -0.15) is 5.10 Å². The third-order valence-electron chi connectivity index (χ3n) is 5.73. The maximum absolute atomic E-state index is 12.6. The van der Waals surface area contributed by atoms with Gasteiger partial charge in [-0.15, -0.1) is 11.3 Å². The lowest BCUT2D eigenvalue weighted by Gasteiger charge is -2.08. The highest BCUT2D eigenvalue weighted by Gasteiger charge is 2.17. The zero-order chi connectivity index (χ0) is 21.3. The maximum Gasteiger partial charge on any atom is 0.224 e. The Balaban J connectivity index is 1.38. The van der Waals surface area contributed by atoms with Crippen LogP contribution in [0.15, 0.2) is 18.2 Å². The van der Waals surface area contributed by atoms with Crippen molar-refractivity contribution in [1.29, 1.82) is 0 Å². The average molecular weight is 443 g/mol. The molecule has 2 heterocycles. The van der Waals surface area contributed by atoms with Crippen LogP contribution < -0.4 is 5.32 Å². The summed E-state index contributed by atoms with van der Waals surface area (Å²) in [4.78, 5) is 18.8. The second-order valence-electron chi connectivity index (χ2n) is 7.96. The molecule has 0 radical (unpaired) electrons. The first-order chi connectivity index (χ1) is 14.4. The highest BCUT2D eigenvalue weighted by molar-refractivity contribution is 7.11. The Kier molecular flexibility index (Phi) is 6.25. The molecule has 1 aliphatic rings. The van der Waals surface area contributed by atoms with Crippen molar-refractivity contribution in [3.8, 4) is 5.69 Å². The number of nitrogens with one attached hydrogen (secondary N) is 1. The molecular formula is C23H27ClN4OS. The van der Waals surface area contributed by atoms with Crippen molar-refractivity contribution < 1.29 is 4.79 Å². The summed E-state index contributed by atoms with van der Waals surface area (Å²) < 4.78 is 1.86. The Bertz CT molecular complexity index is 1060. The summed E-state index contributed by atoms with van der Waals surface area (Å²) in [5.74, 6) is 0.0176. The minimum atomic E-state index is 0.0176. The molecule has 1 N–H and O–H groups in total. The maximum atomic E-state index is 12.6. The molecule has 158 valence electrons. The zero-order valence-corrected chi connectivity index (χ0v) is 19.3. The lowest BCUT2D eigenvalue weighted by atomic mass is 10.0. The van der Waals surface area contributed by atoms with E-state index in [-0.39, 0.29) is 5.91 Å². The van der Waals surface area contributed by atoms with Gasteiger partial charge in [0.1, 0.15) is 0 Å². The molecule has 4 rings (SSSR count). The van der Waals surface area contributed by atoms with Crippen LogP contribution in [-0.4, -0.2) is 27.2 Å². The minimum Gasteiger partial charge on any atom is -0.355 e. The van der Waals surface area contributed by atoms with Crippen molar-refractivity contribution in [2.24, 2.45) is 0 Å². The van der Waals surface area contributed by atoms with Gasteiger partial charge in [0.15, 0.2) is 0 Å². The van der Waals surface area contributed by atoms with Crippen LogP contribution in [0.4, 0.5) is 0 Å². The fraction of sp³-hybridized carbons (Fsp3) is 0.435. The predicted octanol–water partition coefficient (Wildman–Crippen LogP) is 4.69. The summed E-state index contributed by atoms with van der Waals surface area (Å²) in [5.41, 5.74) is 6.02. The largest absolute Gasteiger partial charge is 0.355 e. The van der Waals surface area contributed by atoms with Crippen LogP contribution in [-0.2, 0) is 30.5 Å². The normalized spacial score (nSPS) is 13.3. The number of rotatable bonds is 6. The second-order valence-corrected chi connectivity index (χ2v) is 9.53. The number of halogens is 1. The van der Waals surface area contributed by atoms with Gasteiger partial charge in [0, 0.05) is 34.1 Å². The first kappa shape index (κ1) is 21.1. The number of aromatic nitrogens is 3. The molecule has 3 aromatic rings. The van der Waals surface area contributed by atoms with E-state index in [1.165, 1.54) is 23.4 Å². The van der Waals surface area contributed by atoms with E-state index in [4.69, 9.17) is 16.6 Å². The van der Waals surface area contributed by atoms with E-state index in [0.717, 1.165) is 52.5 Å². The summed E-state index contributed by atoms with van der Waals surface area (Å²) in [5, 5.41) is 9.54. The molecule has 1 amide bonds. The number of nitrogens with zero attached hydrogens (tertiary/aromatic N) is 3. The first-order valence-corrected chi connectivity index (χ1v) is 11.7. The Hall–Kier alpha value is -2.18. The molecule has 0 bridgehead atoms. The van der Waals surface area contributed by atoms with Gasteiger partial charge in [-0.3, -0.25) is 4.79 Å². The molecule has 0 aliphatic heterocycles. The molecule has 1 aliphatic carbocycles. The van der Waals surface area contributed by atoms with Crippen molar-refractivity contribution in [2.45, 2.75) is 59.3 Å². The van der Waals surface area contributed by atoms with Crippen molar-refractivity contribution in [3.63, 3.8) is 0 Å². The topological polar surface area (TPSA) is 59.8 Å². The summed E-state index contributed by atoms with van der Waals surface area (Å²) in [6, 6.07) is 5.89. The minimum absolute atomic E-state index is 0.0176. The van der Waals surface area contributed by atoms with E-state index < -0.39 is 0 Å². The smallest absolute Gasteiger partial charge is 0.224 e. The van der Waals surface area contributed by atoms with Crippen LogP contribution in [0.5, 0.6) is 0 Å². The number of thiazole rings is 1. The van der Waals surface area contributed by atoms with E-state index in [2.05, 4.69) is 10.4 Å². The number of benzene rings is 1. The third-order valence-corrected chi connectivity index (χ3v) is 7.35. The highest BCUT2D eigenvalue weighted by atomic mass is 35.5. The van der Waals surface area contributed by atoms with Crippen LogP contribution in [0.2, 0.25) is 5.02 Å². The number of amides is 1. The number of hydrogen-bond acceptors (Lipinski definition) is 4. The quantitative estimate of drug-likeness (QED) is 0.602. The molecule has 0 saturated heterocycles. The summed E-state index contributed by atoms with van der Waals surface area (Å²) >= 11 is 8.09. The molecule has 0 saturated carbocycles. The molecule has 30 heavy (non-hydrogen) atoms. The lowest BCUT2D eigenvalue weighted by molar-refractivity contribution is -0.120. The Labute approximate surface area is 186 Å². The van der Waals surface area contributed by atoms with Crippen LogP contribution in [0.3, 0.4) is 0 Å². The monoisotopic (exact) mass is 442 g/mol. The number of fused-ring (bicyclic) bond motifs is 1. The van der Waals surface area contributed by atoms with Crippen molar-refractivity contribution in [1.82, 2.24) is 20.1 Å². The number of hydrogen-bond donors (Lipinski definition) is 1. The molecular weight excluding hydrogens is 416 g/mol. The van der Waals surface area contributed by atoms with Gasteiger partial charge in [-0.25, -0.2) is 9.67 Å². The molecule has 7 heteroatoms. The van der Waals surface area contributed by atoms with Crippen molar-refractivity contribution in [2.75, 3.05) is 6.54 Å². The van der Waals surface area contributed by atoms with E-state index >= 15 is 0 Å². The number of aryl methyl sites for hydroxylation is 4. The molecule has 1 aromatic carbocycles. The fourth-order valence-corrected chi connectivity index (χ4v) is 5.27. The van der Waals surface area contributed by atoms with E-state index in [0.29, 0.717) is 18.0 Å². The van der Waals surface area contributed by atoms with Gasteiger partial charge in [-0.05, 0) is 64.2 Å². The predicted molar refractivity (Wildman–Crippen MR) is 122 cm³/mol. The van der Waals surface area contributed by atoms with E-state index in [1.54, 1.807) is 0 Å². The third kappa shape index (κ3) is 4.44. The van der Waals surface area contributed by atoms with Gasteiger partial charge in [0.05, 0.1) is 28.5 Å². The van der Waals surface area contributed by atoms with Crippen LogP contribution in [0.25, 0.3) is 5.69 Å². The standard InChI is InChI=1S/C23H27ClN4OS/c1-14-8-9-17(12-19(14)24)28-16(3)18(15(2)27-28)13-22(29)25-11-10-23-26-20-6-4-5-7-21(20)30-23/h8-9,12H,4-7,10-11,13H2,1-3H3,(H,25,29). The molecule has 5 nitrogen and oxygen atoms in total. The Morgan fingerprint density at radius 3 is 2.80 bits per heavy atom.